The topological polar surface area (TPSA) is 40.7 Å². The van der Waals surface area contributed by atoms with Gasteiger partial charge in [0.1, 0.15) is 5.82 Å². The Morgan fingerprint density at radius 3 is 3.19 bits per heavy atom. The predicted molar refractivity (Wildman–Crippen MR) is 66.1 cm³/mol. The molecule has 0 saturated heterocycles. The van der Waals surface area contributed by atoms with Crippen LogP contribution in [-0.2, 0) is 6.54 Å². The van der Waals surface area contributed by atoms with Crippen molar-refractivity contribution in [2.75, 3.05) is 0 Å². The fraction of sp³-hybridized carbons (Fsp3) is 0.769. The summed E-state index contributed by atoms with van der Waals surface area (Å²) in [6, 6.07) is 0.719. The third-order valence-electron chi connectivity index (χ3n) is 3.67. The molecule has 3 heteroatoms. The fourth-order valence-corrected chi connectivity index (χ4v) is 2.74. The van der Waals surface area contributed by atoms with Crippen molar-refractivity contribution in [1.29, 1.82) is 0 Å². The quantitative estimate of drug-likeness (QED) is 0.775. The molecule has 0 unspecified atom stereocenters. The van der Waals surface area contributed by atoms with Gasteiger partial charge >= 0.3 is 0 Å². The zero-order valence-electron chi connectivity index (χ0n) is 10.2. The van der Waals surface area contributed by atoms with Gasteiger partial charge in [0, 0.05) is 18.4 Å². The summed E-state index contributed by atoms with van der Waals surface area (Å²) in [6.07, 6.45) is 12.0. The summed E-state index contributed by atoms with van der Waals surface area (Å²) >= 11 is 0. The third kappa shape index (κ3) is 3.08. The lowest BCUT2D eigenvalue weighted by molar-refractivity contribution is 0.366. The predicted octanol–water partition coefficient (Wildman–Crippen LogP) is 2.86. The summed E-state index contributed by atoms with van der Waals surface area (Å²) in [5, 5.41) is 3.65. The van der Waals surface area contributed by atoms with Crippen LogP contribution in [-0.4, -0.2) is 16.0 Å². The molecule has 16 heavy (non-hydrogen) atoms. The van der Waals surface area contributed by atoms with Crippen molar-refractivity contribution in [3.05, 3.63) is 18.2 Å². The lowest BCUT2D eigenvalue weighted by Crippen LogP contribution is -2.32. The van der Waals surface area contributed by atoms with Crippen molar-refractivity contribution in [3.8, 4) is 0 Å². The minimum Gasteiger partial charge on any atom is -0.348 e. The van der Waals surface area contributed by atoms with Gasteiger partial charge in [0.2, 0.25) is 0 Å². The van der Waals surface area contributed by atoms with E-state index in [9.17, 15) is 0 Å². The molecular formula is C13H23N3. The van der Waals surface area contributed by atoms with Gasteiger partial charge in [-0.25, -0.2) is 4.98 Å². The number of hydrogen-bond acceptors (Lipinski definition) is 2. The molecule has 90 valence electrons. The van der Waals surface area contributed by atoms with Crippen molar-refractivity contribution in [2.24, 2.45) is 5.92 Å². The minimum absolute atomic E-state index is 0.719. The van der Waals surface area contributed by atoms with Crippen LogP contribution in [0.2, 0.25) is 0 Å². The molecule has 0 amide bonds. The van der Waals surface area contributed by atoms with Gasteiger partial charge in [-0.1, -0.05) is 26.2 Å². The van der Waals surface area contributed by atoms with Gasteiger partial charge in [0.15, 0.2) is 0 Å². The molecule has 1 aliphatic carbocycles. The highest BCUT2D eigenvalue weighted by Crippen LogP contribution is 2.29. The first kappa shape index (κ1) is 11.6. The maximum absolute atomic E-state index is 4.25. The van der Waals surface area contributed by atoms with E-state index in [2.05, 4.69) is 22.2 Å². The van der Waals surface area contributed by atoms with E-state index in [1.54, 1.807) is 0 Å². The van der Waals surface area contributed by atoms with E-state index >= 15 is 0 Å². The second-order valence-corrected chi connectivity index (χ2v) is 4.86. The van der Waals surface area contributed by atoms with Crippen LogP contribution in [0.3, 0.4) is 0 Å². The fourth-order valence-electron chi connectivity index (χ4n) is 2.74. The molecule has 2 atom stereocenters. The molecule has 0 radical (unpaired) electrons. The summed E-state index contributed by atoms with van der Waals surface area (Å²) < 4.78 is 0. The molecule has 1 fully saturated rings. The minimum atomic E-state index is 0.719. The summed E-state index contributed by atoms with van der Waals surface area (Å²) in [5.74, 6) is 1.95. The van der Waals surface area contributed by atoms with E-state index < -0.39 is 0 Å². The van der Waals surface area contributed by atoms with Gasteiger partial charge in [-0.05, 0) is 25.2 Å². The first-order valence-corrected chi connectivity index (χ1v) is 6.61. The largest absolute Gasteiger partial charge is 0.348 e. The van der Waals surface area contributed by atoms with Crippen molar-refractivity contribution in [2.45, 2.75) is 58.0 Å². The van der Waals surface area contributed by atoms with Gasteiger partial charge in [0.05, 0.1) is 6.54 Å². The molecule has 2 rings (SSSR count). The smallest absolute Gasteiger partial charge is 0.120 e. The monoisotopic (exact) mass is 221 g/mol. The van der Waals surface area contributed by atoms with E-state index in [1.165, 1.54) is 38.5 Å². The Hall–Kier alpha value is -0.830. The molecule has 1 aliphatic rings. The highest BCUT2D eigenvalue weighted by Gasteiger charge is 2.25. The number of H-pyrrole nitrogens is 1. The summed E-state index contributed by atoms with van der Waals surface area (Å²) in [5.41, 5.74) is 0. The molecule has 3 nitrogen and oxygen atoms in total. The molecule has 2 N–H and O–H groups in total. The summed E-state index contributed by atoms with van der Waals surface area (Å²) in [4.78, 5) is 7.39. The average Bonchev–Trinajstić information content (AvgIpc) is 2.94. The standard InChI is InChI=1S/C13H23N3/c1-2-3-5-11-6-4-7-12(11)16-10-13-14-8-9-15-13/h8-9,11-12,16H,2-7,10H2,1H3,(H,14,15)/t11-,12-/m1/s1. The van der Waals surface area contributed by atoms with Crippen molar-refractivity contribution in [3.63, 3.8) is 0 Å². The number of aromatic amines is 1. The normalized spacial score (nSPS) is 25.1. The molecule has 1 aromatic heterocycles. The van der Waals surface area contributed by atoms with E-state index in [-0.39, 0.29) is 0 Å². The maximum atomic E-state index is 4.25. The zero-order valence-corrected chi connectivity index (χ0v) is 10.2. The number of imidazole rings is 1. The number of aromatic nitrogens is 2. The molecule has 1 aromatic rings. The van der Waals surface area contributed by atoms with Crippen LogP contribution in [0.15, 0.2) is 12.4 Å². The van der Waals surface area contributed by atoms with Crippen molar-refractivity contribution < 1.29 is 0 Å². The Bertz CT molecular complexity index is 281. The lowest BCUT2D eigenvalue weighted by Gasteiger charge is -2.20. The number of hydrogen-bond donors (Lipinski definition) is 2. The maximum Gasteiger partial charge on any atom is 0.120 e. The molecular weight excluding hydrogens is 198 g/mol. The Morgan fingerprint density at radius 2 is 2.44 bits per heavy atom. The molecule has 0 bridgehead atoms. The van der Waals surface area contributed by atoms with Crippen LogP contribution in [0.4, 0.5) is 0 Å². The average molecular weight is 221 g/mol. The van der Waals surface area contributed by atoms with Crippen LogP contribution >= 0.6 is 0 Å². The summed E-state index contributed by atoms with van der Waals surface area (Å²) in [6.45, 7) is 3.17. The molecule has 1 saturated carbocycles. The lowest BCUT2D eigenvalue weighted by atomic mass is 9.97. The molecule has 0 aliphatic heterocycles. The van der Waals surface area contributed by atoms with Gasteiger partial charge in [-0.3, -0.25) is 0 Å². The third-order valence-corrected chi connectivity index (χ3v) is 3.67. The van der Waals surface area contributed by atoms with Crippen molar-refractivity contribution in [1.82, 2.24) is 15.3 Å². The van der Waals surface area contributed by atoms with Crippen LogP contribution in [0.1, 0.15) is 51.3 Å². The van der Waals surface area contributed by atoms with Crippen molar-refractivity contribution >= 4 is 0 Å². The Labute approximate surface area is 98.1 Å². The molecule has 1 heterocycles. The summed E-state index contributed by atoms with van der Waals surface area (Å²) in [7, 11) is 0. The highest BCUT2D eigenvalue weighted by molar-refractivity contribution is 4.89. The Balaban J connectivity index is 1.75. The van der Waals surface area contributed by atoms with Crippen LogP contribution in [0.25, 0.3) is 0 Å². The first-order valence-electron chi connectivity index (χ1n) is 6.61. The van der Waals surface area contributed by atoms with Crippen LogP contribution in [0, 0.1) is 5.92 Å². The molecule has 0 spiro atoms. The first-order chi connectivity index (χ1) is 7.90. The number of rotatable bonds is 6. The van der Waals surface area contributed by atoms with Crippen LogP contribution in [0.5, 0.6) is 0 Å². The number of nitrogens with one attached hydrogen (secondary N) is 2. The van der Waals surface area contributed by atoms with Gasteiger partial charge < -0.3 is 10.3 Å². The van der Waals surface area contributed by atoms with Gasteiger partial charge in [-0.15, -0.1) is 0 Å². The second kappa shape index (κ2) is 6.04. The highest BCUT2D eigenvalue weighted by atomic mass is 15.0. The van der Waals surface area contributed by atoms with E-state index in [0.717, 1.165) is 24.3 Å². The van der Waals surface area contributed by atoms with E-state index in [4.69, 9.17) is 0 Å². The number of nitrogens with zero attached hydrogens (tertiary/aromatic N) is 1. The van der Waals surface area contributed by atoms with E-state index in [0.29, 0.717) is 0 Å². The van der Waals surface area contributed by atoms with Gasteiger partial charge in [0.25, 0.3) is 0 Å². The van der Waals surface area contributed by atoms with Crippen LogP contribution < -0.4 is 5.32 Å². The zero-order chi connectivity index (χ0) is 11.2. The number of unbranched alkanes of at least 4 members (excludes halogenated alkanes) is 1. The second-order valence-electron chi connectivity index (χ2n) is 4.86. The van der Waals surface area contributed by atoms with E-state index in [1.807, 2.05) is 12.4 Å². The molecule has 0 aromatic carbocycles. The van der Waals surface area contributed by atoms with Gasteiger partial charge in [-0.2, -0.15) is 0 Å². The SMILES string of the molecule is CCCC[C@@H]1CCC[C@H]1NCc1ncc[nH]1. The Kier molecular flexibility index (Phi) is 4.40. The Morgan fingerprint density at radius 1 is 1.50 bits per heavy atom.